The van der Waals surface area contributed by atoms with E-state index in [9.17, 15) is 0 Å². The van der Waals surface area contributed by atoms with Crippen LogP contribution in [-0.4, -0.2) is 0 Å². The number of hydrogen-bond donors (Lipinski definition) is 0. The van der Waals surface area contributed by atoms with Crippen LogP contribution in [0.15, 0.2) is 218 Å². The Morgan fingerprint density at radius 2 is 0.762 bits per heavy atom. The van der Waals surface area contributed by atoms with Crippen LogP contribution in [0.25, 0.3) is 22.3 Å². The highest BCUT2D eigenvalue weighted by Gasteiger charge is 2.55. The van der Waals surface area contributed by atoms with Gasteiger partial charge in [-0.3, -0.25) is 0 Å². The van der Waals surface area contributed by atoms with Crippen molar-refractivity contribution in [3.8, 4) is 22.3 Å². The van der Waals surface area contributed by atoms with Gasteiger partial charge < -0.3 is 9.80 Å². The quantitative estimate of drug-likeness (QED) is 0.158. The second kappa shape index (κ2) is 13.8. The second-order valence-corrected chi connectivity index (χ2v) is 18.5. The smallest absolute Gasteiger partial charge is 0.0742 e. The lowest BCUT2D eigenvalue weighted by Gasteiger charge is -2.56. The molecule has 3 aliphatic heterocycles. The Bertz CT molecular complexity index is 3070. The number of hydrogen-bond acceptors (Lipinski definition) is 2. The number of para-hydroxylation sites is 4. The first-order valence-electron chi connectivity index (χ1n) is 22.3. The first-order chi connectivity index (χ1) is 30.8. The predicted octanol–water partition coefficient (Wildman–Crippen LogP) is 15.9. The zero-order valence-corrected chi connectivity index (χ0v) is 36.2. The summed E-state index contributed by atoms with van der Waals surface area (Å²) in [5, 5.41) is 0. The zero-order valence-electron chi connectivity index (χ0n) is 36.2. The van der Waals surface area contributed by atoms with Gasteiger partial charge in [0, 0.05) is 27.8 Å². The van der Waals surface area contributed by atoms with E-state index in [1.165, 1.54) is 83.8 Å². The predicted molar refractivity (Wildman–Crippen MR) is 263 cm³/mol. The Balaban J connectivity index is 1.06. The van der Waals surface area contributed by atoms with Crippen LogP contribution in [0.5, 0.6) is 0 Å². The maximum atomic E-state index is 2.68. The van der Waals surface area contributed by atoms with Crippen molar-refractivity contribution in [2.24, 2.45) is 0 Å². The summed E-state index contributed by atoms with van der Waals surface area (Å²) < 4.78 is 0. The van der Waals surface area contributed by atoms with E-state index in [0.717, 1.165) is 17.1 Å². The van der Waals surface area contributed by atoms with Crippen molar-refractivity contribution in [2.75, 3.05) is 9.80 Å². The molecule has 0 bridgehead atoms. The normalized spacial score (nSPS) is 15.3. The fourth-order valence-corrected chi connectivity index (χ4v) is 11.5. The van der Waals surface area contributed by atoms with E-state index in [-0.39, 0.29) is 10.8 Å². The molecule has 0 saturated heterocycles. The van der Waals surface area contributed by atoms with Gasteiger partial charge in [-0.05, 0) is 104 Å². The summed E-state index contributed by atoms with van der Waals surface area (Å²) >= 11 is 0. The van der Waals surface area contributed by atoms with Gasteiger partial charge in [-0.25, -0.2) is 0 Å². The molecule has 0 aliphatic carbocycles. The van der Waals surface area contributed by atoms with Gasteiger partial charge in [-0.1, -0.05) is 204 Å². The molecule has 3 heterocycles. The van der Waals surface area contributed by atoms with Gasteiger partial charge in [0.1, 0.15) is 0 Å². The van der Waals surface area contributed by atoms with Gasteiger partial charge >= 0.3 is 0 Å². The topological polar surface area (TPSA) is 6.48 Å². The molecule has 0 N–H and O–H groups in total. The largest absolute Gasteiger partial charge is 0.310 e. The molecule has 2 nitrogen and oxygen atoms in total. The molecule has 0 saturated carbocycles. The summed E-state index contributed by atoms with van der Waals surface area (Å²) in [4.78, 5) is 5.06. The van der Waals surface area contributed by atoms with E-state index < -0.39 is 5.41 Å². The van der Waals surface area contributed by atoms with E-state index in [1.807, 2.05) is 0 Å². The Kier molecular flexibility index (Phi) is 8.18. The van der Waals surface area contributed by atoms with Crippen LogP contribution in [0.2, 0.25) is 0 Å². The van der Waals surface area contributed by atoms with Gasteiger partial charge in [0.2, 0.25) is 0 Å². The summed E-state index contributed by atoms with van der Waals surface area (Å²) in [6, 6.07) is 81.1. The highest BCUT2D eigenvalue weighted by Crippen LogP contribution is 2.68. The molecule has 0 amide bonds. The molecule has 0 atom stereocenters. The summed E-state index contributed by atoms with van der Waals surface area (Å²) in [6.07, 6.45) is 0. The van der Waals surface area contributed by atoms with Crippen LogP contribution < -0.4 is 9.80 Å². The molecule has 3 aliphatic rings. The lowest BCUT2D eigenvalue weighted by atomic mass is 9.56. The standard InChI is InChI=1S/C61H48N2/c1-59(2)49-30-19-32-51-56(49)63-57-50(31-20-33-52(57)61(51,44-23-11-6-12-24-44)45-25-13-7-14-26-45)60(3,4)54-40-43(39-53(59)58(54)63)41-35-37-47(38-36-41)62(46-27-15-8-16-28-46)55-34-18-17-29-48(55)42-21-9-5-10-22-42/h5-40H,1-4H3. The maximum Gasteiger partial charge on any atom is 0.0742 e. The maximum absolute atomic E-state index is 2.68. The molecule has 0 fully saturated rings. The number of anilines is 6. The molecule has 0 spiro atoms. The minimum atomic E-state index is -0.506. The lowest BCUT2D eigenvalue weighted by molar-refractivity contribution is 0.583. The van der Waals surface area contributed by atoms with Crippen molar-refractivity contribution in [1.82, 2.24) is 0 Å². The van der Waals surface area contributed by atoms with Crippen molar-refractivity contribution in [3.63, 3.8) is 0 Å². The van der Waals surface area contributed by atoms with Gasteiger partial charge in [0.25, 0.3) is 0 Å². The van der Waals surface area contributed by atoms with Gasteiger partial charge in [-0.2, -0.15) is 0 Å². The van der Waals surface area contributed by atoms with E-state index in [2.05, 4.69) is 256 Å². The average Bonchev–Trinajstić information content (AvgIpc) is 3.33. The highest BCUT2D eigenvalue weighted by molar-refractivity contribution is 6.01. The van der Waals surface area contributed by atoms with Crippen LogP contribution in [0, 0.1) is 0 Å². The fourth-order valence-electron chi connectivity index (χ4n) is 11.5. The van der Waals surface area contributed by atoms with Crippen molar-refractivity contribution in [3.05, 3.63) is 263 Å². The zero-order chi connectivity index (χ0) is 42.5. The Labute approximate surface area is 371 Å². The molecule has 0 unspecified atom stereocenters. The summed E-state index contributed by atoms with van der Waals surface area (Å²) in [5.41, 5.74) is 21.8. The monoisotopic (exact) mass is 808 g/mol. The van der Waals surface area contributed by atoms with Gasteiger partial charge in [0.15, 0.2) is 0 Å². The molecule has 9 aromatic carbocycles. The molecule has 0 radical (unpaired) electrons. The summed E-state index contributed by atoms with van der Waals surface area (Å²) in [7, 11) is 0. The second-order valence-electron chi connectivity index (χ2n) is 18.5. The molecule has 9 aromatic rings. The van der Waals surface area contributed by atoms with Crippen molar-refractivity contribution >= 4 is 34.1 Å². The molecule has 63 heavy (non-hydrogen) atoms. The summed E-state index contributed by atoms with van der Waals surface area (Å²) in [5.74, 6) is 0. The van der Waals surface area contributed by atoms with Crippen molar-refractivity contribution in [1.29, 1.82) is 0 Å². The third-order valence-electron chi connectivity index (χ3n) is 14.5. The number of rotatable bonds is 7. The van der Waals surface area contributed by atoms with Gasteiger partial charge in [-0.15, -0.1) is 0 Å². The Hall–Kier alpha value is -7.42. The third-order valence-corrected chi connectivity index (χ3v) is 14.5. The summed E-state index contributed by atoms with van der Waals surface area (Å²) in [6.45, 7) is 9.78. The average molecular weight is 809 g/mol. The molecule has 0 aromatic heterocycles. The van der Waals surface area contributed by atoms with E-state index in [1.54, 1.807) is 0 Å². The number of nitrogens with zero attached hydrogens (tertiary/aromatic N) is 2. The van der Waals surface area contributed by atoms with Crippen LogP contribution in [0.3, 0.4) is 0 Å². The van der Waals surface area contributed by atoms with E-state index in [4.69, 9.17) is 0 Å². The lowest BCUT2D eigenvalue weighted by Crippen LogP contribution is -2.45. The van der Waals surface area contributed by atoms with Crippen LogP contribution in [0.1, 0.15) is 72.2 Å². The molecule has 12 rings (SSSR count). The molecular weight excluding hydrogens is 761 g/mol. The van der Waals surface area contributed by atoms with Crippen LogP contribution in [-0.2, 0) is 16.2 Å². The van der Waals surface area contributed by atoms with Crippen LogP contribution >= 0.6 is 0 Å². The van der Waals surface area contributed by atoms with Crippen molar-refractivity contribution < 1.29 is 0 Å². The minimum Gasteiger partial charge on any atom is -0.310 e. The van der Waals surface area contributed by atoms with Gasteiger partial charge in [0.05, 0.1) is 28.2 Å². The molecule has 302 valence electrons. The first kappa shape index (κ1) is 37.4. The minimum absolute atomic E-state index is 0.286. The van der Waals surface area contributed by atoms with Crippen LogP contribution in [0.4, 0.5) is 34.1 Å². The first-order valence-corrected chi connectivity index (χ1v) is 22.3. The third kappa shape index (κ3) is 5.25. The molecule has 2 heteroatoms. The Morgan fingerprint density at radius 1 is 0.333 bits per heavy atom. The Morgan fingerprint density at radius 3 is 1.30 bits per heavy atom. The van der Waals surface area contributed by atoms with Crippen molar-refractivity contribution in [2.45, 2.75) is 43.9 Å². The van der Waals surface area contributed by atoms with E-state index in [0.29, 0.717) is 0 Å². The molecular formula is C61H48N2. The SMILES string of the molecule is CC1(C)c2cc(-c3ccc(N(c4ccccc4)c4ccccc4-c4ccccc4)cc3)cc3c2N2c4c1cccc4C(c1ccccc1)(c1ccccc1)c1cccc(c12)C3(C)C. The highest BCUT2D eigenvalue weighted by atomic mass is 15.2. The number of benzene rings is 9. The fraction of sp³-hybridized carbons (Fsp3) is 0.115. The van der Waals surface area contributed by atoms with E-state index >= 15 is 0 Å².